The van der Waals surface area contributed by atoms with E-state index < -0.39 is 15.1 Å². The molecule has 1 aliphatic carbocycles. The number of amides is 1. The fraction of sp³-hybridized carbons (Fsp3) is 0.333. The second kappa shape index (κ2) is 7.66. The van der Waals surface area contributed by atoms with Crippen molar-refractivity contribution in [2.75, 3.05) is 5.32 Å². The molecule has 0 radical (unpaired) electrons. The zero-order chi connectivity index (χ0) is 17.9. The first kappa shape index (κ1) is 18.1. The molecule has 1 fully saturated rings. The molecule has 5 nitrogen and oxygen atoms in total. The van der Waals surface area contributed by atoms with Gasteiger partial charge in [-0.2, -0.15) is 0 Å². The highest BCUT2D eigenvalue weighted by atomic mass is 79.9. The Hall–Kier alpha value is -1.73. The standard InChI is InChI=1S/C18H19BrN2O3S/c19-14-5-7-15(8-6-14)21-18(22)13-3-9-16(10-4-13)25(23,24)17-2-1-11-20-12-17/h1-2,5-8,11-13,16H,3-4,9-10H2,(H,21,22). The Balaban J connectivity index is 1.60. The zero-order valence-electron chi connectivity index (χ0n) is 13.6. The van der Waals surface area contributed by atoms with E-state index in [-0.39, 0.29) is 16.7 Å². The first-order valence-corrected chi connectivity index (χ1v) is 10.5. The number of hydrogen-bond acceptors (Lipinski definition) is 4. The van der Waals surface area contributed by atoms with E-state index in [9.17, 15) is 13.2 Å². The Kier molecular flexibility index (Phi) is 5.54. The van der Waals surface area contributed by atoms with Gasteiger partial charge in [-0.1, -0.05) is 15.9 Å². The van der Waals surface area contributed by atoms with Crippen LogP contribution in [0.15, 0.2) is 58.2 Å². The number of halogens is 1. The van der Waals surface area contributed by atoms with Crippen LogP contribution in [0.25, 0.3) is 0 Å². The van der Waals surface area contributed by atoms with Crippen molar-refractivity contribution in [2.45, 2.75) is 35.8 Å². The molecule has 1 aromatic heterocycles. The summed E-state index contributed by atoms with van der Waals surface area (Å²) in [5.74, 6) is -0.191. The molecule has 0 spiro atoms. The lowest BCUT2D eigenvalue weighted by molar-refractivity contribution is -0.120. The lowest BCUT2D eigenvalue weighted by atomic mass is 9.88. The van der Waals surface area contributed by atoms with Gasteiger partial charge in [0.25, 0.3) is 0 Å². The van der Waals surface area contributed by atoms with Gasteiger partial charge < -0.3 is 5.32 Å². The maximum absolute atomic E-state index is 12.6. The molecular weight excluding hydrogens is 404 g/mol. The second-order valence-electron chi connectivity index (χ2n) is 6.20. The minimum Gasteiger partial charge on any atom is -0.326 e. The number of anilines is 1. The van der Waals surface area contributed by atoms with Crippen LogP contribution >= 0.6 is 15.9 Å². The number of carbonyl (C=O) groups is 1. The number of hydrogen-bond donors (Lipinski definition) is 1. The van der Waals surface area contributed by atoms with Gasteiger partial charge in [-0.15, -0.1) is 0 Å². The topological polar surface area (TPSA) is 76.1 Å². The minimum atomic E-state index is -3.37. The summed E-state index contributed by atoms with van der Waals surface area (Å²) in [4.78, 5) is 16.6. The van der Waals surface area contributed by atoms with Gasteiger partial charge in [0.1, 0.15) is 0 Å². The van der Waals surface area contributed by atoms with E-state index in [1.54, 1.807) is 18.3 Å². The molecule has 2 aromatic rings. The van der Waals surface area contributed by atoms with Gasteiger partial charge in [0.05, 0.1) is 10.1 Å². The SMILES string of the molecule is O=C(Nc1ccc(Br)cc1)C1CCC(S(=O)(=O)c2cccnc2)CC1. The summed E-state index contributed by atoms with van der Waals surface area (Å²) in [5.41, 5.74) is 0.748. The highest BCUT2D eigenvalue weighted by Crippen LogP contribution is 2.32. The average Bonchev–Trinajstić information content (AvgIpc) is 2.64. The van der Waals surface area contributed by atoms with Crippen molar-refractivity contribution in [1.82, 2.24) is 4.98 Å². The Labute approximate surface area is 155 Å². The van der Waals surface area contributed by atoms with Crippen molar-refractivity contribution >= 4 is 37.4 Å². The van der Waals surface area contributed by atoms with Gasteiger partial charge >= 0.3 is 0 Å². The monoisotopic (exact) mass is 422 g/mol. The summed E-state index contributed by atoms with van der Waals surface area (Å²) in [5, 5.41) is 2.47. The Morgan fingerprint density at radius 2 is 1.76 bits per heavy atom. The Morgan fingerprint density at radius 3 is 2.36 bits per heavy atom. The molecule has 132 valence electrons. The first-order chi connectivity index (χ1) is 12.0. The van der Waals surface area contributed by atoms with Crippen LogP contribution in [0.1, 0.15) is 25.7 Å². The third kappa shape index (κ3) is 4.27. The average molecular weight is 423 g/mol. The van der Waals surface area contributed by atoms with Crippen LogP contribution in [-0.4, -0.2) is 24.6 Å². The van der Waals surface area contributed by atoms with E-state index in [2.05, 4.69) is 26.2 Å². The Bertz CT molecular complexity index is 830. The van der Waals surface area contributed by atoms with Crippen LogP contribution < -0.4 is 5.32 Å². The van der Waals surface area contributed by atoms with Gasteiger partial charge in [0.15, 0.2) is 9.84 Å². The van der Waals surface area contributed by atoms with Gasteiger partial charge in [0.2, 0.25) is 5.91 Å². The molecule has 1 N–H and O–H groups in total. The summed E-state index contributed by atoms with van der Waals surface area (Å²) in [6.45, 7) is 0. The number of pyridine rings is 1. The van der Waals surface area contributed by atoms with Gasteiger partial charge in [0, 0.05) is 28.5 Å². The molecule has 0 unspecified atom stereocenters. The smallest absolute Gasteiger partial charge is 0.227 e. The fourth-order valence-corrected chi connectivity index (χ4v) is 5.14. The first-order valence-electron chi connectivity index (χ1n) is 8.17. The number of carbonyl (C=O) groups excluding carboxylic acids is 1. The second-order valence-corrected chi connectivity index (χ2v) is 9.35. The maximum Gasteiger partial charge on any atom is 0.227 e. The normalized spacial score (nSPS) is 20.8. The van der Waals surface area contributed by atoms with E-state index in [1.807, 2.05) is 24.3 Å². The number of nitrogens with one attached hydrogen (secondary N) is 1. The molecule has 0 atom stereocenters. The molecular formula is C18H19BrN2O3S. The number of nitrogens with zero attached hydrogens (tertiary/aromatic N) is 1. The van der Waals surface area contributed by atoms with Crippen LogP contribution in [0.4, 0.5) is 5.69 Å². The molecule has 1 aliphatic rings. The predicted molar refractivity (Wildman–Crippen MR) is 99.9 cm³/mol. The zero-order valence-corrected chi connectivity index (χ0v) is 16.0. The summed E-state index contributed by atoms with van der Waals surface area (Å²) in [6.07, 6.45) is 5.09. The van der Waals surface area contributed by atoms with E-state index in [0.29, 0.717) is 25.7 Å². The third-order valence-corrected chi connectivity index (χ3v) is 7.33. The van der Waals surface area contributed by atoms with Crippen molar-refractivity contribution in [3.05, 3.63) is 53.3 Å². The van der Waals surface area contributed by atoms with Crippen LogP contribution in [0.5, 0.6) is 0 Å². The number of rotatable bonds is 4. The summed E-state index contributed by atoms with van der Waals surface area (Å²) in [7, 11) is -3.37. The highest BCUT2D eigenvalue weighted by Gasteiger charge is 2.34. The molecule has 1 amide bonds. The fourth-order valence-electron chi connectivity index (χ4n) is 3.12. The van der Waals surface area contributed by atoms with Gasteiger partial charge in [-0.25, -0.2) is 8.42 Å². The Morgan fingerprint density at radius 1 is 1.08 bits per heavy atom. The number of aromatic nitrogens is 1. The third-order valence-electron chi connectivity index (χ3n) is 4.56. The van der Waals surface area contributed by atoms with Crippen LogP contribution in [0, 0.1) is 5.92 Å². The minimum absolute atomic E-state index is 0.0421. The van der Waals surface area contributed by atoms with E-state index in [0.717, 1.165) is 10.2 Å². The van der Waals surface area contributed by atoms with Crippen molar-refractivity contribution in [2.24, 2.45) is 5.92 Å². The highest BCUT2D eigenvalue weighted by molar-refractivity contribution is 9.10. The van der Waals surface area contributed by atoms with Crippen LogP contribution in [0.3, 0.4) is 0 Å². The molecule has 0 saturated heterocycles. The molecule has 0 bridgehead atoms. The number of sulfone groups is 1. The molecule has 1 heterocycles. The predicted octanol–water partition coefficient (Wildman–Crippen LogP) is 3.82. The van der Waals surface area contributed by atoms with E-state index in [4.69, 9.17) is 0 Å². The van der Waals surface area contributed by atoms with E-state index in [1.165, 1.54) is 6.20 Å². The largest absolute Gasteiger partial charge is 0.326 e. The van der Waals surface area contributed by atoms with Crippen molar-refractivity contribution < 1.29 is 13.2 Å². The van der Waals surface area contributed by atoms with Crippen molar-refractivity contribution in [1.29, 1.82) is 0 Å². The summed E-state index contributed by atoms with van der Waals surface area (Å²) in [6, 6.07) is 10.6. The summed E-state index contributed by atoms with van der Waals surface area (Å²) < 4.78 is 26.2. The number of benzene rings is 1. The molecule has 3 rings (SSSR count). The molecule has 0 aliphatic heterocycles. The van der Waals surface area contributed by atoms with Crippen LogP contribution in [0.2, 0.25) is 0 Å². The quantitative estimate of drug-likeness (QED) is 0.812. The van der Waals surface area contributed by atoms with Crippen molar-refractivity contribution in [3.63, 3.8) is 0 Å². The molecule has 25 heavy (non-hydrogen) atoms. The molecule has 7 heteroatoms. The van der Waals surface area contributed by atoms with Crippen molar-refractivity contribution in [3.8, 4) is 0 Å². The van der Waals surface area contributed by atoms with Gasteiger partial charge in [-0.3, -0.25) is 9.78 Å². The molecule has 1 aromatic carbocycles. The van der Waals surface area contributed by atoms with Gasteiger partial charge in [-0.05, 0) is 62.1 Å². The van der Waals surface area contributed by atoms with Crippen LogP contribution in [-0.2, 0) is 14.6 Å². The maximum atomic E-state index is 12.6. The lowest BCUT2D eigenvalue weighted by Gasteiger charge is -2.27. The molecule has 1 saturated carbocycles. The lowest BCUT2D eigenvalue weighted by Crippen LogP contribution is -2.32. The summed E-state index contributed by atoms with van der Waals surface area (Å²) >= 11 is 3.36. The van der Waals surface area contributed by atoms with E-state index >= 15 is 0 Å².